The van der Waals surface area contributed by atoms with E-state index in [4.69, 9.17) is 46.4 Å². The lowest BCUT2D eigenvalue weighted by atomic mass is 10.1. The molecule has 0 atom stereocenters. The van der Waals surface area contributed by atoms with E-state index in [2.05, 4.69) is 27.6 Å². The van der Waals surface area contributed by atoms with E-state index in [1.54, 1.807) is 24.4 Å². The van der Waals surface area contributed by atoms with Crippen molar-refractivity contribution in [3.8, 4) is 11.3 Å². The third-order valence-electron chi connectivity index (χ3n) is 2.05. The first-order chi connectivity index (χ1) is 7.99. The van der Waals surface area contributed by atoms with Crippen molar-refractivity contribution in [2.45, 2.75) is 0 Å². The first-order valence-corrected chi connectivity index (χ1v) is 7.04. The van der Waals surface area contributed by atoms with Crippen LogP contribution in [0.4, 0.5) is 0 Å². The summed E-state index contributed by atoms with van der Waals surface area (Å²) in [6, 6.07) is 5.07. The number of hydrogen-bond donors (Lipinski definition) is 0. The second-order valence-corrected chi connectivity index (χ2v) is 6.08. The van der Waals surface area contributed by atoms with Gasteiger partial charge < -0.3 is 0 Å². The van der Waals surface area contributed by atoms with Crippen molar-refractivity contribution in [2.24, 2.45) is 0 Å². The van der Waals surface area contributed by atoms with Crippen LogP contribution in [0.3, 0.4) is 0 Å². The standard InChI is InChI=1S/C11H4Cl4IN/c12-5-1-7(14)10(8(15)2-5)11-9(16)3-6(13)4-17-11/h1-4H. The van der Waals surface area contributed by atoms with Crippen molar-refractivity contribution in [3.05, 3.63) is 48.1 Å². The average Bonchev–Trinajstić information content (AvgIpc) is 2.19. The van der Waals surface area contributed by atoms with Gasteiger partial charge in [-0.15, -0.1) is 0 Å². The van der Waals surface area contributed by atoms with Gasteiger partial charge in [-0.25, -0.2) is 0 Å². The van der Waals surface area contributed by atoms with Crippen LogP contribution >= 0.6 is 69.0 Å². The topological polar surface area (TPSA) is 12.9 Å². The molecule has 2 aromatic rings. The Labute approximate surface area is 132 Å². The molecule has 0 fully saturated rings. The number of rotatable bonds is 1. The second-order valence-electron chi connectivity index (χ2n) is 3.23. The second kappa shape index (κ2) is 5.49. The normalized spacial score (nSPS) is 10.6. The Morgan fingerprint density at radius 2 is 1.47 bits per heavy atom. The van der Waals surface area contributed by atoms with Crippen molar-refractivity contribution in [2.75, 3.05) is 0 Å². The molecule has 1 aromatic carbocycles. The summed E-state index contributed by atoms with van der Waals surface area (Å²) in [5.41, 5.74) is 1.36. The van der Waals surface area contributed by atoms with Gasteiger partial charge in [0.05, 0.1) is 20.8 Å². The number of pyridine rings is 1. The minimum atomic E-state index is 0.468. The predicted molar refractivity (Wildman–Crippen MR) is 82.4 cm³/mol. The molecular weight excluding hydrogens is 415 g/mol. The molecule has 0 bridgehead atoms. The van der Waals surface area contributed by atoms with Gasteiger partial charge in [-0.1, -0.05) is 46.4 Å². The van der Waals surface area contributed by atoms with E-state index in [0.717, 1.165) is 3.57 Å². The van der Waals surface area contributed by atoms with E-state index in [9.17, 15) is 0 Å². The lowest BCUT2D eigenvalue weighted by Crippen LogP contribution is -1.90. The van der Waals surface area contributed by atoms with E-state index in [1.165, 1.54) is 0 Å². The van der Waals surface area contributed by atoms with Crippen LogP contribution in [0, 0.1) is 3.57 Å². The molecule has 0 amide bonds. The fourth-order valence-corrected chi connectivity index (χ4v) is 3.45. The SMILES string of the molecule is Clc1cc(Cl)c(-c2ncc(Cl)cc2I)c(Cl)c1. The first kappa shape index (κ1) is 13.7. The van der Waals surface area contributed by atoms with Crippen molar-refractivity contribution in [1.82, 2.24) is 4.98 Å². The van der Waals surface area contributed by atoms with Crippen molar-refractivity contribution in [3.63, 3.8) is 0 Å². The Balaban J connectivity index is 2.68. The number of benzene rings is 1. The molecule has 1 heterocycles. The molecule has 0 aliphatic carbocycles. The quantitative estimate of drug-likeness (QED) is 0.520. The highest BCUT2D eigenvalue weighted by Crippen LogP contribution is 2.38. The molecule has 0 saturated heterocycles. The molecule has 17 heavy (non-hydrogen) atoms. The Hall–Kier alpha value is 0.260. The Morgan fingerprint density at radius 3 is 2.00 bits per heavy atom. The number of aromatic nitrogens is 1. The minimum absolute atomic E-state index is 0.468. The smallest absolute Gasteiger partial charge is 0.0866 e. The van der Waals surface area contributed by atoms with E-state index in [1.807, 2.05) is 0 Å². The molecule has 6 heteroatoms. The third kappa shape index (κ3) is 2.99. The van der Waals surface area contributed by atoms with Crippen LogP contribution in [-0.4, -0.2) is 4.98 Å². The lowest BCUT2D eigenvalue weighted by molar-refractivity contribution is 1.31. The zero-order chi connectivity index (χ0) is 12.6. The highest BCUT2D eigenvalue weighted by Gasteiger charge is 2.14. The number of nitrogens with zero attached hydrogens (tertiary/aromatic N) is 1. The number of halogens is 5. The van der Waals surface area contributed by atoms with Crippen LogP contribution in [0.15, 0.2) is 24.4 Å². The van der Waals surface area contributed by atoms with Gasteiger partial charge in [0.2, 0.25) is 0 Å². The van der Waals surface area contributed by atoms with Gasteiger partial charge in [0.25, 0.3) is 0 Å². The van der Waals surface area contributed by atoms with Crippen LogP contribution in [0.25, 0.3) is 11.3 Å². The molecule has 2 rings (SSSR count). The minimum Gasteiger partial charge on any atom is -0.253 e. The molecule has 0 unspecified atom stereocenters. The fraction of sp³-hybridized carbons (Fsp3) is 0. The van der Waals surface area contributed by atoms with E-state index in [-0.39, 0.29) is 0 Å². The molecular formula is C11H4Cl4IN. The Bertz CT molecular complexity index is 563. The lowest BCUT2D eigenvalue weighted by Gasteiger charge is -2.09. The third-order valence-corrected chi connectivity index (χ3v) is 3.89. The van der Waals surface area contributed by atoms with Gasteiger partial charge in [0.1, 0.15) is 0 Å². The summed E-state index contributed by atoms with van der Waals surface area (Å²) in [6.45, 7) is 0. The molecule has 0 spiro atoms. The van der Waals surface area contributed by atoms with E-state index >= 15 is 0 Å². The maximum Gasteiger partial charge on any atom is 0.0866 e. The van der Waals surface area contributed by atoms with Crippen molar-refractivity contribution < 1.29 is 0 Å². The highest BCUT2D eigenvalue weighted by atomic mass is 127. The summed E-state index contributed by atoms with van der Waals surface area (Å²) in [7, 11) is 0. The van der Waals surface area contributed by atoms with Crippen molar-refractivity contribution >= 4 is 69.0 Å². The molecule has 1 nitrogen and oxygen atoms in total. The molecule has 0 aliphatic rings. The predicted octanol–water partition coefficient (Wildman–Crippen LogP) is 5.97. The van der Waals surface area contributed by atoms with Gasteiger partial charge in [0.15, 0.2) is 0 Å². The summed E-state index contributed by atoms with van der Waals surface area (Å²) in [5.74, 6) is 0. The maximum atomic E-state index is 6.14. The largest absolute Gasteiger partial charge is 0.253 e. The van der Waals surface area contributed by atoms with Gasteiger partial charge in [-0.2, -0.15) is 0 Å². The average molecular weight is 419 g/mol. The summed E-state index contributed by atoms with van der Waals surface area (Å²) < 4.78 is 0.876. The Morgan fingerprint density at radius 1 is 0.882 bits per heavy atom. The molecule has 0 saturated carbocycles. The van der Waals surface area contributed by atoms with Gasteiger partial charge in [-0.3, -0.25) is 4.98 Å². The summed E-state index contributed by atoms with van der Waals surface area (Å²) in [6.07, 6.45) is 1.56. The zero-order valence-electron chi connectivity index (χ0n) is 8.15. The maximum absolute atomic E-state index is 6.14. The molecule has 1 aromatic heterocycles. The summed E-state index contributed by atoms with van der Waals surface area (Å²) in [4.78, 5) is 4.25. The monoisotopic (exact) mass is 417 g/mol. The fourth-order valence-electron chi connectivity index (χ4n) is 1.37. The van der Waals surface area contributed by atoms with Crippen molar-refractivity contribution in [1.29, 1.82) is 0 Å². The van der Waals surface area contributed by atoms with Crippen LogP contribution in [0.2, 0.25) is 20.1 Å². The molecule has 0 radical (unpaired) electrons. The van der Waals surface area contributed by atoms with Crippen LogP contribution in [0.1, 0.15) is 0 Å². The van der Waals surface area contributed by atoms with Gasteiger partial charge in [-0.05, 0) is 40.8 Å². The zero-order valence-corrected chi connectivity index (χ0v) is 13.3. The molecule has 0 aliphatic heterocycles. The van der Waals surface area contributed by atoms with Crippen LogP contribution < -0.4 is 0 Å². The van der Waals surface area contributed by atoms with E-state index < -0.39 is 0 Å². The van der Waals surface area contributed by atoms with Crippen LogP contribution in [0.5, 0.6) is 0 Å². The number of hydrogen-bond acceptors (Lipinski definition) is 1. The van der Waals surface area contributed by atoms with Gasteiger partial charge >= 0.3 is 0 Å². The van der Waals surface area contributed by atoms with Crippen LogP contribution in [-0.2, 0) is 0 Å². The molecule has 0 N–H and O–H groups in total. The van der Waals surface area contributed by atoms with E-state index in [0.29, 0.717) is 31.3 Å². The highest BCUT2D eigenvalue weighted by molar-refractivity contribution is 14.1. The summed E-state index contributed by atoms with van der Waals surface area (Å²) >= 11 is 26.1. The molecule has 88 valence electrons. The Kier molecular flexibility index (Phi) is 4.42. The van der Waals surface area contributed by atoms with Gasteiger partial charge in [0, 0.05) is 20.4 Å². The first-order valence-electron chi connectivity index (χ1n) is 4.45. The summed E-state index contributed by atoms with van der Waals surface area (Å²) in [5, 5.41) is 2.00.